The first kappa shape index (κ1) is 10.1. The highest BCUT2D eigenvalue weighted by atomic mass is 32.1. The molecule has 0 unspecified atom stereocenters. The third kappa shape index (κ3) is 3.20. The van der Waals surface area contributed by atoms with Crippen molar-refractivity contribution in [2.24, 2.45) is 5.41 Å². The third-order valence-electron chi connectivity index (χ3n) is 2.39. The van der Waals surface area contributed by atoms with Gasteiger partial charge in [0.05, 0.1) is 0 Å². The lowest BCUT2D eigenvalue weighted by Crippen LogP contribution is -2.23. The van der Waals surface area contributed by atoms with E-state index in [-0.39, 0.29) is 0 Å². The first-order valence-electron chi connectivity index (χ1n) is 4.62. The van der Waals surface area contributed by atoms with Gasteiger partial charge in [0.15, 0.2) is 0 Å². The highest BCUT2D eigenvalue weighted by Crippen LogP contribution is 2.28. The van der Waals surface area contributed by atoms with E-state index in [4.69, 9.17) is 0 Å². The molecule has 0 atom stereocenters. The number of hydrogen-bond donors (Lipinski definition) is 1. The van der Waals surface area contributed by atoms with Crippen molar-refractivity contribution in [3.05, 3.63) is 12.2 Å². The van der Waals surface area contributed by atoms with E-state index in [1.54, 1.807) is 0 Å². The van der Waals surface area contributed by atoms with E-state index in [2.05, 4.69) is 43.5 Å². The molecule has 1 fully saturated rings. The molecule has 0 spiro atoms. The summed E-state index contributed by atoms with van der Waals surface area (Å²) in [6, 6.07) is 0. The largest absolute Gasteiger partial charge is 0.299 e. The van der Waals surface area contributed by atoms with E-state index >= 15 is 0 Å². The summed E-state index contributed by atoms with van der Waals surface area (Å²) in [5.74, 6) is 0.858. The van der Waals surface area contributed by atoms with Gasteiger partial charge in [-0.05, 0) is 18.4 Å². The molecule has 0 aliphatic carbocycles. The van der Waals surface area contributed by atoms with Crippen LogP contribution in [0.25, 0.3) is 0 Å². The van der Waals surface area contributed by atoms with Gasteiger partial charge in [-0.3, -0.25) is 4.90 Å². The molecule has 1 heterocycles. The molecule has 0 amide bonds. The SMILES string of the molecule is CC1(C)CCN(CC=CCS)C1. The standard InChI is InChI=1S/C10H19NS/c1-10(2)5-7-11(9-10)6-3-4-8-12/h3-4,12H,5-9H2,1-2H3. The monoisotopic (exact) mass is 185 g/mol. The van der Waals surface area contributed by atoms with Crippen LogP contribution in [0.4, 0.5) is 0 Å². The number of nitrogens with zero attached hydrogens (tertiary/aromatic N) is 1. The maximum Gasteiger partial charge on any atom is 0.0163 e. The minimum atomic E-state index is 0.537. The first-order valence-corrected chi connectivity index (χ1v) is 5.25. The molecular weight excluding hydrogens is 166 g/mol. The Morgan fingerprint density at radius 1 is 1.42 bits per heavy atom. The Morgan fingerprint density at radius 2 is 2.17 bits per heavy atom. The van der Waals surface area contributed by atoms with Gasteiger partial charge in [0.25, 0.3) is 0 Å². The molecule has 2 heteroatoms. The number of likely N-dealkylation sites (tertiary alicyclic amines) is 1. The molecule has 0 radical (unpaired) electrons. The fraction of sp³-hybridized carbons (Fsp3) is 0.800. The maximum atomic E-state index is 4.13. The highest BCUT2D eigenvalue weighted by Gasteiger charge is 2.27. The summed E-state index contributed by atoms with van der Waals surface area (Å²) >= 11 is 4.13. The Bertz CT molecular complexity index is 163. The van der Waals surface area contributed by atoms with Crippen LogP contribution in [0.15, 0.2) is 12.2 Å². The molecule has 0 aromatic heterocycles. The molecular formula is C10H19NS. The molecule has 1 aliphatic rings. The Balaban J connectivity index is 2.24. The van der Waals surface area contributed by atoms with Crippen LogP contribution >= 0.6 is 12.6 Å². The zero-order chi connectivity index (χ0) is 9.03. The van der Waals surface area contributed by atoms with E-state index in [0.717, 1.165) is 12.3 Å². The normalized spacial score (nSPS) is 23.9. The average Bonchev–Trinajstić information content (AvgIpc) is 2.31. The van der Waals surface area contributed by atoms with Gasteiger partial charge in [-0.1, -0.05) is 26.0 Å². The summed E-state index contributed by atoms with van der Waals surface area (Å²) in [5.41, 5.74) is 0.537. The van der Waals surface area contributed by atoms with Gasteiger partial charge in [0.1, 0.15) is 0 Å². The second kappa shape index (κ2) is 4.33. The Hall–Kier alpha value is 0.0500. The first-order chi connectivity index (χ1) is 5.64. The van der Waals surface area contributed by atoms with Crippen LogP contribution in [0.2, 0.25) is 0 Å². The van der Waals surface area contributed by atoms with E-state index in [0.29, 0.717) is 5.41 Å². The third-order valence-corrected chi connectivity index (χ3v) is 2.60. The van der Waals surface area contributed by atoms with Gasteiger partial charge < -0.3 is 0 Å². The van der Waals surface area contributed by atoms with E-state index in [1.165, 1.54) is 19.5 Å². The molecule has 1 saturated heterocycles. The minimum absolute atomic E-state index is 0.537. The van der Waals surface area contributed by atoms with E-state index in [1.807, 2.05) is 0 Å². The predicted octanol–water partition coefficient (Wildman–Crippen LogP) is 2.20. The van der Waals surface area contributed by atoms with Crippen LogP contribution < -0.4 is 0 Å². The van der Waals surface area contributed by atoms with Gasteiger partial charge in [-0.2, -0.15) is 12.6 Å². The van der Waals surface area contributed by atoms with Gasteiger partial charge in [-0.25, -0.2) is 0 Å². The molecule has 1 rings (SSSR count). The highest BCUT2D eigenvalue weighted by molar-refractivity contribution is 7.80. The zero-order valence-corrected chi connectivity index (χ0v) is 8.98. The molecule has 0 bridgehead atoms. The van der Waals surface area contributed by atoms with Crippen molar-refractivity contribution in [1.82, 2.24) is 4.90 Å². The van der Waals surface area contributed by atoms with E-state index < -0.39 is 0 Å². The van der Waals surface area contributed by atoms with Crippen LogP contribution in [-0.4, -0.2) is 30.3 Å². The molecule has 0 aromatic rings. The lowest BCUT2D eigenvalue weighted by atomic mass is 9.93. The molecule has 12 heavy (non-hydrogen) atoms. The van der Waals surface area contributed by atoms with Crippen molar-refractivity contribution in [2.45, 2.75) is 20.3 Å². The van der Waals surface area contributed by atoms with Crippen molar-refractivity contribution in [3.8, 4) is 0 Å². The second-order valence-electron chi connectivity index (χ2n) is 4.30. The second-order valence-corrected chi connectivity index (χ2v) is 4.67. The van der Waals surface area contributed by atoms with Crippen molar-refractivity contribution < 1.29 is 0 Å². The number of thiol groups is 1. The van der Waals surface area contributed by atoms with Crippen molar-refractivity contribution in [2.75, 3.05) is 25.4 Å². The quantitative estimate of drug-likeness (QED) is 0.521. The maximum absolute atomic E-state index is 4.13. The van der Waals surface area contributed by atoms with Crippen LogP contribution in [0, 0.1) is 5.41 Å². The topological polar surface area (TPSA) is 3.24 Å². The summed E-state index contributed by atoms with van der Waals surface area (Å²) in [5, 5.41) is 0. The van der Waals surface area contributed by atoms with Crippen LogP contribution in [-0.2, 0) is 0 Å². The van der Waals surface area contributed by atoms with Gasteiger partial charge in [0, 0.05) is 18.8 Å². The summed E-state index contributed by atoms with van der Waals surface area (Å²) in [6.45, 7) is 8.28. The van der Waals surface area contributed by atoms with Crippen molar-refractivity contribution >= 4 is 12.6 Å². The lowest BCUT2D eigenvalue weighted by Gasteiger charge is -2.17. The molecule has 70 valence electrons. The number of rotatable bonds is 3. The smallest absolute Gasteiger partial charge is 0.0163 e. The van der Waals surface area contributed by atoms with Crippen LogP contribution in [0.1, 0.15) is 20.3 Å². The Labute approximate surface area is 81.2 Å². The van der Waals surface area contributed by atoms with Gasteiger partial charge in [-0.15, -0.1) is 0 Å². The molecule has 1 nitrogen and oxygen atoms in total. The fourth-order valence-electron chi connectivity index (χ4n) is 1.68. The van der Waals surface area contributed by atoms with E-state index in [9.17, 15) is 0 Å². The van der Waals surface area contributed by atoms with Crippen molar-refractivity contribution in [1.29, 1.82) is 0 Å². The van der Waals surface area contributed by atoms with Crippen LogP contribution in [0.3, 0.4) is 0 Å². The molecule has 1 aliphatic heterocycles. The zero-order valence-electron chi connectivity index (χ0n) is 8.08. The molecule has 0 N–H and O–H groups in total. The minimum Gasteiger partial charge on any atom is -0.299 e. The van der Waals surface area contributed by atoms with Crippen LogP contribution in [0.5, 0.6) is 0 Å². The van der Waals surface area contributed by atoms with Crippen molar-refractivity contribution in [3.63, 3.8) is 0 Å². The summed E-state index contributed by atoms with van der Waals surface area (Å²) in [6.07, 6.45) is 5.67. The Morgan fingerprint density at radius 3 is 2.67 bits per heavy atom. The fourth-order valence-corrected chi connectivity index (χ4v) is 1.83. The summed E-state index contributed by atoms with van der Waals surface area (Å²) in [7, 11) is 0. The number of hydrogen-bond acceptors (Lipinski definition) is 2. The molecule has 0 aromatic carbocycles. The summed E-state index contributed by atoms with van der Waals surface area (Å²) in [4.78, 5) is 2.50. The average molecular weight is 185 g/mol. The summed E-state index contributed by atoms with van der Waals surface area (Å²) < 4.78 is 0. The lowest BCUT2D eigenvalue weighted by molar-refractivity contribution is 0.314. The van der Waals surface area contributed by atoms with Gasteiger partial charge >= 0.3 is 0 Å². The molecule has 0 saturated carbocycles. The predicted molar refractivity (Wildman–Crippen MR) is 57.8 cm³/mol. The Kier molecular flexibility index (Phi) is 3.66. The van der Waals surface area contributed by atoms with Gasteiger partial charge in [0.2, 0.25) is 0 Å².